The van der Waals surface area contributed by atoms with Gasteiger partial charge < -0.3 is 10.6 Å². The van der Waals surface area contributed by atoms with Crippen molar-refractivity contribution in [2.45, 2.75) is 45.7 Å². The lowest BCUT2D eigenvalue weighted by Gasteiger charge is -2.26. The second kappa shape index (κ2) is 12.1. The summed E-state index contributed by atoms with van der Waals surface area (Å²) in [6.07, 6.45) is -1.95. The van der Waals surface area contributed by atoms with Crippen molar-refractivity contribution in [3.05, 3.63) is 35.4 Å². The first-order valence-corrected chi connectivity index (χ1v) is 11.6. The zero-order valence-electron chi connectivity index (χ0n) is 18.1. The summed E-state index contributed by atoms with van der Waals surface area (Å²) in [5.74, 6) is 0.658. The first-order chi connectivity index (χ1) is 13.2. The summed E-state index contributed by atoms with van der Waals surface area (Å²) in [5.41, 5.74) is -0.221. The largest absolute Gasteiger partial charge is 0.416 e. The molecule has 10 heteroatoms. The minimum atomic E-state index is -4.34. The second-order valence-corrected chi connectivity index (χ2v) is 10.5. The molecular formula is C20H33F3IN3O2S. The van der Waals surface area contributed by atoms with E-state index in [2.05, 4.69) is 15.6 Å². The van der Waals surface area contributed by atoms with Crippen LogP contribution in [-0.2, 0) is 16.0 Å². The molecule has 1 rings (SSSR count). The van der Waals surface area contributed by atoms with Gasteiger partial charge in [0.05, 0.1) is 11.3 Å². The van der Waals surface area contributed by atoms with Gasteiger partial charge in [0.15, 0.2) is 5.96 Å². The molecule has 30 heavy (non-hydrogen) atoms. The Hall–Kier alpha value is -1.04. The molecular weight excluding hydrogens is 530 g/mol. The lowest BCUT2D eigenvalue weighted by Crippen LogP contribution is -2.42. The summed E-state index contributed by atoms with van der Waals surface area (Å²) >= 11 is 0. The fraction of sp³-hybridized carbons (Fsp3) is 0.650. The van der Waals surface area contributed by atoms with Crippen LogP contribution in [0.4, 0.5) is 13.2 Å². The number of hydrogen-bond acceptors (Lipinski definition) is 3. The standard InChI is InChI=1S/C20H32F3N3O2S.HI/c1-15(16-7-6-8-17(13-16)20(21,22)23)9-11-25-18(24-4)26-14-19(2,3)10-12-29(5,27)28;/h6-8,13,15H,9-12,14H2,1-5H3,(H2,24,25,26);1H. The Kier molecular flexibility index (Phi) is 11.7. The molecule has 0 heterocycles. The molecule has 1 aromatic rings. The van der Waals surface area contributed by atoms with Crippen molar-refractivity contribution in [3.8, 4) is 0 Å². The summed E-state index contributed by atoms with van der Waals surface area (Å²) in [6.45, 7) is 6.94. The SMILES string of the molecule is CN=C(NCCC(C)c1cccc(C(F)(F)F)c1)NCC(C)(C)CCS(C)(=O)=O.I. The molecule has 0 aliphatic carbocycles. The highest BCUT2D eigenvalue weighted by Gasteiger charge is 2.30. The van der Waals surface area contributed by atoms with Crippen LogP contribution in [0.25, 0.3) is 0 Å². The quantitative estimate of drug-likeness (QED) is 0.265. The van der Waals surface area contributed by atoms with Crippen LogP contribution in [0, 0.1) is 5.41 Å². The van der Waals surface area contributed by atoms with Crippen molar-refractivity contribution in [2.75, 3.05) is 32.1 Å². The second-order valence-electron chi connectivity index (χ2n) is 8.21. The maximum Gasteiger partial charge on any atom is 0.416 e. The molecule has 0 aliphatic heterocycles. The lowest BCUT2D eigenvalue weighted by atomic mass is 9.90. The smallest absolute Gasteiger partial charge is 0.356 e. The van der Waals surface area contributed by atoms with Gasteiger partial charge in [-0.05, 0) is 35.8 Å². The van der Waals surface area contributed by atoms with Crippen LogP contribution in [0.5, 0.6) is 0 Å². The maximum absolute atomic E-state index is 12.9. The van der Waals surface area contributed by atoms with E-state index >= 15 is 0 Å². The molecule has 174 valence electrons. The molecule has 2 N–H and O–H groups in total. The van der Waals surface area contributed by atoms with Crippen molar-refractivity contribution < 1.29 is 21.6 Å². The monoisotopic (exact) mass is 563 g/mol. The molecule has 1 unspecified atom stereocenters. The van der Waals surface area contributed by atoms with E-state index in [1.807, 2.05) is 20.8 Å². The van der Waals surface area contributed by atoms with Crippen molar-refractivity contribution in [1.29, 1.82) is 0 Å². The maximum atomic E-state index is 12.9. The molecule has 0 fully saturated rings. The highest BCUT2D eigenvalue weighted by molar-refractivity contribution is 14.0. The van der Waals surface area contributed by atoms with Gasteiger partial charge in [-0.3, -0.25) is 4.99 Å². The average Bonchev–Trinajstić information content (AvgIpc) is 2.61. The van der Waals surface area contributed by atoms with Gasteiger partial charge in [0.2, 0.25) is 0 Å². The number of halogens is 4. The number of benzene rings is 1. The third-order valence-corrected chi connectivity index (χ3v) is 5.71. The van der Waals surface area contributed by atoms with Gasteiger partial charge in [-0.15, -0.1) is 24.0 Å². The first-order valence-electron chi connectivity index (χ1n) is 9.53. The molecule has 1 atom stereocenters. The van der Waals surface area contributed by atoms with E-state index in [9.17, 15) is 21.6 Å². The number of nitrogens with zero attached hydrogens (tertiary/aromatic N) is 1. The first kappa shape index (κ1) is 29.0. The lowest BCUT2D eigenvalue weighted by molar-refractivity contribution is -0.137. The molecule has 1 aromatic carbocycles. The molecule has 0 amide bonds. The van der Waals surface area contributed by atoms with E-state index in [1.165, 1.54) is 18.4 Å². The molecule has 0 bridgehead atoms. The van der Waals surface area contributed by atoms with Crippen molar-refractivity contribution in [2.24, 2.45) is 10.4 Å². The van der Waals surface area contributed by atoms with Crippen LogP contribution < -0.4 is 10.6 Å². The van der Waals surface area contributed by atoms with Gasteiger partial charge in [-0.2, -0.15) is 13.2 Å². The summed E-state index contributed by atoms with van der Waals surface area (Å²) in [6, 6.07) is 5.41. The number of hydrogen-bond donors (Lipinski definition) is 2. The predicted octanol–water partition coefficient (Wildman–Crippen LogP) is 4.44. The molecule has 0 saturated carbocycles. The summed E-state index contributed by atoms with van der Waals surface area (Å²) in [4.78, 5) is 4.14. The van der Waals surface area contributed by atoms with Crippen LogP contribution in [0.15, 0.2) is 29.3 Å². The van der Waals surface area contributed by atoms with E-state index in [4.69, 9.17) is 0 Å². The Morgan fingerprint density at radius 2 is 1.83 bits per heavy atom. The number of nitrogens with one attached hydrogen (secondary N) is 2. The Bertz CT molecular complexity index is 797. The Balaban J connectivity index is 0.00000841. The molecule has 0 aromatic heterocycles. The van der Waals surface area contributed by atoms with Gasteiger partial charge in [-0.1, -0.05) is 39.0 Å². The van der Waals surface area contributed by atoms with Gasteiger partial charge in [-0.25, -0.2) is 8.42 Å². The highest BCUT2D eigenvalue weighted by atomic mass is 127. The number of sulfone groups is 1. The molecule has 0 spiro atoms. The highest BCUT2D eigenvalue weighted by Crippen LogP contribution is 2.31. The normalized spacial score (nSPS) is 14.1. The minimum absolute atomic E-state index is 0. The van der Waals surface area contributed by atoms with Gasteiger partial charge in [0.25, 0.3) is 0 Å². The van der Waals surface area contributed by atoms with Crippen LogP contribution >= 0.6 is 24.0 Å². The van der Waals surface area contributed by atoms with E-state index < -0.39 is 21.6 Å². The Labute approximate surface area is 195 Å². The number of guanidine groups is 1. The summed E-state index contributed by atoms with van der Waals surface area (Å²) < 4.78 is 61.3. The number of aliphatic imine (C=N–C) groups is 1. The topological polar surface area (TPSA) is 70.6 Å². The fourth-order valence-electron chi connectivity index (χ4n) is 2.69. The van der Waals surface area contributed by atoms with E-state index in [-0.39, 0.29) is 41.1 Å². The van der Waals surface area contributed by atoms with Gasteiger partial charge in [0.1, 0.15) is 9.84 Å². The summed E-state index contributed by atoms with van der Waals surface area (Å²) in [5, 5.41) is 6.34. The number of alkyl halides is 3. The Morgan fingerprint density at radius 1 is 1.20 bits per heavy atom. The average molecular weight is 563 g/mol. The van der Waals surface area contributed by atoms with Crippen molar-refractivity contribution >= 4 is 39.8 Å². The third-order valence-electron chi connectivity index (χ3n) is 4.76. The van der Waals surface area contributed by atoms with Crippen molar-refractivity contribution in [1.82, 2.24) is 10.6 Å². The van der Waals surface area contributed by atoms with E-state index in [0.717, 1.165) is 6.07 Å². The van der Waals surface area contributed by atoms with E-state index in [0.29, 0.717) is 37.5 Å². The fourth-order valence-corrected chi connectivity index (χ4v) is 3.61. The zero-order valence-corrected chi connectivity index (χ0v) is 21.3. The predicted molar refractivity (Wildman–Crippen MR) is 127 cm³/mol. The van der Waals surface area contributed by atoms with Crippen LogP contribution in [0.2, 0.25) is 0 Å². The van der Waals surface area contributed by atoms with Crippen LogP contribution in [0.3, 0.4) is 0 Å². The minimum Gasteiger partial charge on any atom is -0.356 e. The van der Waals surface area contributed by atoms with Crippen LogP contribution in [0.1, 0.15) is 50.7 Å². The third kappa shape index (κ3) is 11.4. The van der Waals surface area contributed by atoms with Gasteiger partial charge in [0, 0.05) is 26.4 Å². The van der Waals surface area contributed by atoms with Crippen LogP contribution in [-0.4, -0.2) is 46.5 Å². The molecule has 5 nitrogen and oxygen atoms in total. The molecule has 0 radical (unpaired) electrons. The van der Waals surface area contributed by atoms with E-state index in [1.54, 1.807) is 13.1 Å². The molecule has 0 aliphatic rings. The Morgan fingerprint density at radius 3 is 2.37 bits per heavy atom. The van der Waals surface area contributed by atoms with Crippen molar-refractivity contribution in [3.63, 3.8) is 0 Å². The van der Waals surface area contributed by atoms with Gasteiger partial charge >= 0.3 is 6.18 Å². The molecule has 0 saturated heterocycles. The summed E-state index contributed by atoms with van der Waals surface area (Å²) in [7, 11) is -1.37. The zero-order chi connectivity index (χ0) is 22.3. The number of rotatable bonds is 9.